The summed E-state index contributed by atoms with van der Waals surface area (Å²) >= 11 is 3.36. The van der Waals surface area contributed by atoms with Crippen LogP contribution in [-0.4, -0.2) is 19.0 Å². The maximum atomic E-state index is 11.8. The Morgan fingerprint density at radius 3 is 2.45 bits per heavy atom. The standard InChI is InChI=1S/C17H15BrO4/c1-21-17(20)13-7-8-14(15(18)10-13)11-22-16(19)9-12-5-3-2-4-6-12/h2-8,10H,9,11H2,1H3. The Morgan fingerprint density at radius 1 is 1.09 bits per heavy atom. The number of hydrogen-bond acceptors (Lipinski definition) is 4. The van der Waals surface area contributed by atoms with Gasteiger partial charge in [-0.25, -0.2) is 4.79 Å². The van der Waals surface area contributed by atoms with Gasteiger partial charge in [0.1, 0.15) is 6.61 Å². The van der Waals surface area contributed by atoms with Gasteiger partial charge in [-0.15, -0.1) is 0 Å². The lowest BCUT2D eigenvalue weighted by atomic mass is 10.1. The molecule has 0 aromatic heterocycles. The molecule has 0 unspecified atom stereocenters. The average Bonchev–Trinajstić information content (AvgIpc) is 2.53. The Hall–Kier alpha value is -2.14. The fraction of sp³-hybridized carbons (Fsp3) is 0.176. The SMILES string of the molecule is COC(=O)c1ccc(COC(=O)Cc2ccccc2)c(Br)c1. The van der Waals surface area contributed by atoms with Crippen molar-refractivity contribution in [3.8, 4) is 0 Å². The molecule has 0 N–H and O–H groups in total. The second kappa shape index (κ2) is 7.75. The minimum Gasteiger partial charge on any atom is -0.465 e. The molecule has 2 rings (SSSR count). The van der Waals surface area contributed by atoms with Gasteiger partial charge in [0.15, 0.2) is 0 Å². The Kier molecular flexibility index (Phi) is 5.72. The zero-order valence-electron chi connectivity index (χ0n) is 12.0. The van der Waals surface area contributed by atoms with Gasteiger partial charge in [0, 0.05) is 10.0 Å². The van der Waals surface area contributed by atoms with Crippen LogP contribution in [0, 0.1) is 0 Å². The second-order valence-corrected chi connectivity index (χ2v) is 5.48. The highest BCUT2D eigenvalue weighted by Gasteiger charge is 2.10. The summed E-state index contributed by atoms with van der Waals surface area (Å²) in [6.07, 6.45) is 0.235. The quantitative estimate of drug-likeness (QED) is 0.763. The van der Waals surface area contributed by atoms with Crippen molar-refractivity contribution >= 4 is 27.9 Å². The monoisotopic (exact) mass is 362 g/mol. The van der Waals surface area contributed by atoms with E-state index < -0.39 is 5.97 Å². The largest absolute Gasteiger partial charge is 0.465 e. The van der Waals surface area contributed by atoms with Crippen LogP contribution in [0.3, 0.4) is 0 Å². The summed E-state index contributed by atoms with van der Waals surface area (Å²) in [7, 11) is 1.33. The summed E-state index contributed by atoms with van der Waals surface area (Å²) in [5.41, 5.74) is 2.13. The van der Waals surface area contributed by atoms with E-state index in [4.69, 9.17) is 4.74 Å². The Balaban J connectivity index is 1.94. The number of carbonyl (C=O) groups is 2. The maximum absolute atomic E-state index is 11.8. The van der Waals surface area contributed by atoms with E-state index in [-0.39, 0.29) is 19.0 Å². The molecule has 0 spiro atoms. The van der Waals surface area contributed by atoms with Crippen molar-refractivity contribution in [2.24, 2.45) is 0 Å². The molecule has 0 heterocycles. The first-order valence-corrected chi connectivity index (χ1v) is 7.45. The number of esters is 2. The lowest BCUT2D eigenvalue weighted by molar-refractivity contribution is -0.144. The minimum absolute atomic E-state index is 0.147. The van der Waals surface area contributed by atoms with Gasteiger partial charge in [-0.05, 0) is 17.7 Å². The summed E-state index contributed by atoms with van der Waals surface area (Å²) in [5, 5.41) is 0. The van der Waals surface area contributed by atoms with Gasteiger partial charge >= 0.3 is 11.9 Å². The summed E-state index contributed by atoms with van der Waals surface area (Å²) in [6.45, 7) is 0.147. The van der Waals surface area contributed by atoms with Crippen LogP contribution in [0.1, 0.15) is 21.5 Å². The third kappa shape index (κ3) is 4.43. The molecule has 0 fully saturated rings. The van der Waals surface area contributed by atoms with Crippen molar-refractivity contribution in [1.82, 2.24) is 0 Å². The highest BCUT2D eigenvalue weighted by atomic mass is 79.9. The molecule has 0 saturated carbocycles. The normalized spacial score (nSPS) is 10.1. The third-order valence-electron chi connectivity index (χ3n) is 3.05. The van der Waals surface area contributed by atoms with Crippen molar-refractivity contribution in [3.05, 3.63) is 69.7 Å². The van der Waals surface area contributed by atoms with Gasteiger partial charge in [0.2, 0.25) is 0 Å². The van der Waals surface area contributed by atoms with Crippen LogP contribution in [0.15, 0.2) is 53.0 Å². The third-order valence-corrected chi connectivity index (χ3v) is 3.79. The van der Waals surface area contributed by atoms with Crippen LogP contribution in [-0.2, 0) is 27.3 Å². The molecule has 0 bridgehead atoms. The number of halogens is 1. The van der Waals surface area contributed by atoms with E-state index in [1.807, 2.05) is 30.3 Å². The number of ether oxygens (including phenoxy) is 2. The van der Waals surface area contributed by atoms with Gasteiger partial charge < -0.3 is 9.47 Å². The topological polar surface area (TPSA) is 52.6 Å². The van der Waals surface area contributed by atoms with E-state index in [1.165, 1.54) is 7.11 Å². The van der Waals surface area contributed by atoms with Crippen LogP contribution in [0.2, 0.25) is 0 Å². The Labute approximate surface area is 137 Å². The van der Waals surface area contributed by atoms with Crippen molar-refractivity contribution in [3.63, 3.8) is 0 Å². The van der Waals surface area contributed by atoms with Crippen molar-refractivity contribution < 1.29 is 19.1 Å². The smallest absolute Gasteiger partial charge is 0.337 e. The molecule has 0 saturated heterocycles. The first-order valence-electron chi connectivity index (χ1n) is 6.66. The number of benzene rings is 2. The molecular formula is C17H15BrO4. The average molecular weight is 363 g/mol. The lowest BCUT2D eigenvalue weighted by Crippen LogP contribution is -2.08. The number of rotatable bonds is 5. The molecule has 0 aliphatic rings. The Morgan fingerprint density at radius 2 is 1.82 bits per heavy atom. The summed E-state index contributed by atoms with van der Waals surface area (Å²) in [5.74, 6) is -0.705. The van der Waals surface area contributed by atoms with Crippen LogP contribution in [0.5, 0.6) is 0 Å². The summed E-state index contributed by atoms with van der Waals surface area (Å²) < 4.78 is 10.6. The van der Waals surface area contributed by atoms with E-state index in [9.17, 15) is 9.59 Å². The van der Waals surface area contributed by atoms with E-state index in [0.29, 0.717) is 10.0 Å². The van der Waals surface area contributed by atoms with Gasteiger partial charge in [-0.1, -0.05) is 52.3 Å². The second-order valence-electron chi connectivity index (χ2n) is 4.62. The zero-order chi connectivity index (χ0) is 15.9. The lowest BCUT2D eigenvalue weighted by Gasteiger charge is -2.08. The van der Waals surface area contributed by atoms with E-state index in [2.05, 4.69) is 20.7 Å². The highest BCUT2D eigenvalue weighted by Crippen LogP contribution is 2.20. The number of methoxy groups -OCH3 is 1. The predicted octanol–water partition coefficient (Wildman–Crippen LogP) is 3.52. The first kappa shape index (κ1) is 16.2. The van der Waals surface area contributed by atoms with Crippen LogP contribution in [0.4, 0.5) is 0 Å². The molecular weight excluding hydrogens is 348 g/mol. The van der Waals surface area contributed by atoms with E-state index in [1.54, 1.807) is 18.2 Å². The molecule has 2 aromatic carbocycles. The molecule has 2 aromatic rings. The van der Waals surface area contributed by atoms with Gasteiger partial charge in [0.05, 0.1) is 19.1 Å². The fourth-order valence-corrected chi connectivity index (χ4v) is 2.37. The first-order chi connectivity index (χ1) is 10.6. The fourth-order valence-electron chi connectivity index (χ4n) is 1.88. The molecule has 0 atom stereocenters. The van der Waals surface area contributed by atoms with Crippen molar-refractivity contribution in [2.45, 2.75) is 13.0 Å². The molecule has 0 amide bonds. The van der Waals surface area contributed by atoms with Crippen LogP contribution < -0.4 is 0 Å². The van der Waals surface area contributed by atoms with Gasteiger partial charge in [-0.2, -0.15) is 0 Å². The maximum Gasteiger partial charge on any atom is 0.337 e. The minimum atomic E-state index is -0.409. The number of carbonyl (C=O) groups excluding carboxylic acids is 2. The van der Waals surface area contributed by atoms with Gasteiger partial charge in [-0.3, -0.25) is 4.79 Å². The highest BCUT2D eigenvalue weighted by molar-refractivity contribution is 9.10. The number of hydrogen-bond donors (Lipinski definition) is 0. The van der Waals surface area contributed by atoms with E-state index >= 15 is 0 Å². The zero-order valence-corrected chi connectivity index (χ0v) is 13.6. The predicted molar refractivity (Wildman–Crippen MR) is 85.4 cm³/mol. The van der Waals surface area contributed by atoms with Crippen molar-refractivity contribution in [2.75, 3.05) is 7.11 Å². The molecule has 0 radical (unpaired) electrons. The van der Waals surface area contributed by atoms with Crippen LogP contribution >= 0.6 is 15.9 Å². The van der Waals surface area contributed by atoms with Crippen LogP contribution in [0.25, 0.3) is 0 Å². The molecule has 114 valence electrons. The Bertz CT molecular complexity index is 668. The van der Waals surface area contributed by atoms with E-state index in [0.717, 1.165) is 11.1 Å². The molecule has 0 aliphatic heterocycles. The molecule has 22 heavy (non-hydrogen) atoms. The molecule has 0 aliphatic carbocycles. The van der Waals surface area contributed by atoms with Crippen molar-refractivity contribution in [1.29, 1.82) is 0 Å². The summed E-state index contributed by atoms with van der Waals surface area (Å²) in [4.78, 5) is 23.2. The molecule has 4 nitrogen and oxygen atoms in total. The van der Waals surface area contributed by atoms with Gasteiger partial charge in [0.25, 0.3) is 0 Å². The molecule has 5 heteroatoms. The summed E-state index contributed by atoms with van der Waals surface area (Å²) in [6, 6.07) is 14.4.